The first-order valence-corrected chi connectivity index (χ1v) is 7.58. The lowest BCUT2D eigenvalue weighted by molar-refractivity contribution is -0.126. The van der Waals surface area contributed by atoms with E-state index < -0.39 is 11.4 Å². The largest absolute Gasteiger partial charge is 0.460 e. The summed E-state index contributed by atoms with van der Waals surface area (Å²) in [5.74, 6) is -0.490. The summed E-state index contributed by atoms with van der Waals surface area (Å²) in [6.07, 6.45) is 3.10. The molecule has 0 aliphatic carbocycles. The van der Waals surface area contributed by atoms with E-state index in [2.05, 4.69) is 4.98 Å². The average Bonchev–Trinajstić information content (AvgIpc) is 3.02. The van der Waals surface area contributed by atoms with Crippen LogP contribution in [0.25, 0.3) is 0 Å². The van der Waals surface area contributed by atoms with Crippen LogP contribution in [0.15, 0.2) is 42.9 Å². The van der Waals surface area contributed by atoms with Crippen LogP contribution in [0.5, 0.6) is 0 Å². The van der Waals surface area contributed by atoms with Crippen molar-refractivity contribution in [2.75, 3.05) is 6.61 Å². The number of Topliss-reactive ketones (excluding diaryl/α,β-unsaturated/α-hetero) is 1. The Hall–Kier alpha value is -2.43. The highest BCUT2D eigenvalue weighted by Gasteiger charge is 2.27. The molecule has 0 aliphatic heterocycles. The zero-order chi connectivity index (χ0) is 17.0. The van der Waals surface area contributed by atoms with Crippen molar-refractivity contribution in [1.29, 1.82) is 0 Å². The maximum atomic E-state index is 12.3. The molecule has 0 saturated carbocycles. The van der Waals surface area contributed by atoms with Crippen LogP contribution >= 0.6 is 0 Å². The predicted octanol–water partition coefficient (Wildman–Crippen LogP) is 3.26. The molecule has 5 heteroatoms. The Morgan fingerprint density at radius 3 is 2.52 bits per heavy atom. The molecule has 1 aromatic carbocycles. The molecule has 0 N–H and O–H groups in total. The van der Waals surface area contributed by atoms with Gasteiger partial charge in [-0.15, -0.1) is 0 Å². The second kappa shape index (κ2) is 6.77. The van der Waals surface area contributed by atoms with Gasteiger partial charge in [0.1, 0.15) is 18.1 Å². The Morgan fingerprint density at radius 2 is 1.91 bits per heavy atom. The number of carbonyl (C=O) groups is 2. The van der Waals surface area contributed by atoms with Crippen molar-refractivity contribution in [1.82, 2.24) is 9.55 Å². The summed E-state index contributed by atoms with van der Waals surface area (Å²) in [6.45, 7) is 7.05. The van der Waals surface area contributed by atoms with Crippen LogP contribution in [0.2, 0.25) is 0 Å². The number of benzene rings is 1. The second-order valence-electron chi connectivity index (χ2n) is 6.29. The Bertz CT molecular complexity index is 689. The molecular formula is C18H22N2O3. The van der Waals surface area contributed by atoms with Gasteiger partial charge >= 0.3 is 5.97 Å². The number of rotatable bonds is 6. The molecule has 0 fully saturated rings. The maximum Gasteiger partial charge on any atom is 0.356 e. The van der Waals surface area contributed by atoms with Crippen LogP contribution in [0.1, 0.15) is 49.8 Å². The minimum atomic E-state index is -0.689. The first-order chi connectivity index (χ1) is 10.8. The zero-order valence-electron chi connectivity index (χ0n) is 13.9. The lowest BCUT2D eigenvalue weighted by Gasteiger charge is -2.21. The number of hydrogen-bond donors (Lipinski definition) is 0. The van der Waals surface area contributed by atoms with Crippen molar-refractivity contribution in [3.8, 4) is 0 Å². The van der Waals surface area contributed by atoms with E-state index in [9.17, 15) is 9.59 Å². The summed E-state index contributed by atoms with van der Waals surface area (Å²) in [7, 11) is 0. The van der Waals surface area contributed by atoms with Gasteiger partial charge in [-0.1, -0.05) is 30.3 Å². The molecule has 1 atom stereocenters. The van der Waals surface area contributed by atoms with Gasteiger partial charge in [-0.3, -0.25) is 4.79 Å². The highest BCUT2D eigenvalue weighted by molar-refractivity contribution is 5.88. The first-order valence-electron chi connectivity index (χ1n) is 7.58. The van der Waals surface area contributed by atoms with Crippen LogP contribution < -0.4 is 0 Å². The van der Waals surface area contributed by atoms with Crippen molar-refractivity contribution in [3.63, 3.8) is 0 Å². The molecule has 122 valence electrons. The van der Waals surface area contributed by atoms with E-state index in [0.29, 0.717) is 5.69 Å². The third-order valence-corrected chi connectivity index (χ3v) is 4.09. The van der Waals surface area contributed by atoms with E-state index in [0.717, 1.165) is 5.56 Å². The molecule has 0 bridgehead atoms. The smallest absolute Gasteiger partial charge is 0.356 e. The number of aromatic nitrogens is 2. The Kier molecular flexibility index (Phi) is 4.98. The molecule has 23 heavy (non-hydrogen) atoms. The van der Waals surface area contributed by atoms with E-state index in [1.54, 1.807) is 24.7 Å². The summed E-state index contributed by atoms with van der Waals surface area (Å²) in [5.41, 5.74) is 0.760. The predicted molar refractivity (Wildman–Crippen MR) is 87.2 cm³/mol. The molecule has 1 heterocycles. The second-order valence-corrected chi connectivity index (χ2v) is 6.29. The van der Waals surface area contributed by atoms with Crippen molar-refractivity contribution < 1.29 is 14.3 Å². The highest BCUT2D eigenvalue weighted by Crippen LogP contribution is 2.21. The fourth-order valence-corrected chi connectivity index (χ4v) is 2.09. The van der Waals surface area contributed by atoms with Gasteiger partial charge in [-0.05, 0) is 33.3 Å². The minimum Gasteiger partial charge on any atom is -0.460 e. The van der Waals surface area contributed by atoms with E-state index >= 15 is 0 Å². The molecule has 0 spiro atoms. The zero-order valence-corrected chi connectivity index (χ0v) is 13.9. The normalized spacial score (nSPS) is 12.7. The van der Waals surface area contributed by atoms with E-state index in [4.69, 9.17) is 4.74 Å². The number of ether oxygens (including phenoxy) is 1. The van der Waals surface area contributed by atoms with Crippen molar-refractivity contribution >= 4 is 11.8 Å². The lowest BCUT2D eigenvalue weighted by Crippen LogP contribution is -2.29. The number of imidazole rings is 1. The van der Waals surface area contributed by atoms with E-state index in [1.165, 1.54) is 13.1 Å². The molecular weight excluding hydrogens is 292 g/mol. The van der Waals surface area contributed by atoms with Crippen LogP contribution in [-0.2, 0) is 9.53 Å². The van der Waals surface area contributed by atoms with Crippen molar-refractivity contribution in [3.05, 3.63) is 54.1 Å². The molecule has 1 aromatic heterocycles. The topological polar surface area (TPSA) is 61.2 Å². The number of hydrogen-bond acceptors (Lipinski definition) is 4. The fourth-order valence-electron chi connectivity index (χ4n) is 2.09. The number of nitrogens with zero attached hydrogens (tertiary/aromatic N) is 2. The van der Waals surface area contributed by atoms with Gasteiger partial charge in [-0.25, -0.2) is 9.78 Å². The molecule has 2 aromatic rings. The average molecular weight is 314 g/mol. The highest BCUT2D eigenvalue weighted by atomic mass is 16.5. The van der Waals surface area contributed by atoms with Crippen LogP contribution in [0.3, 0.4) is 0 Å². The molecule has 0 saturated heterocycles. The third kappa shape index (κ3) is 3.86. The van der Waals surface area contributed by atoms with E-state index in [1.807, 2.05) is 37.3 Å². The Labute approximate surface area is 136 Å². The number of esters is 1. The summed E-state index contributed by atoms with van der Waals surface area (Å²) in [4.78, 5) is 27.9. The minimum absolute atomic E-state index is 0.0172. The van der Waals surface area contributed by atoms with Gasteiger partial charge in [0, 0.05) is 0 Å². The first kappa shape index (κ1) is 16.9. The van der Waals surface area contributed by atoms with Gasteiger partial charge in [0.05, 0.1) is 24.0 Å². The number of ketones is 1. The van der Waals surface area contributed by atoms with Gasteiger partial charge in [0.2, 0.25) is 0 Å². The lowest BCUT2D eigenvalue weighted by atomic mass is 9.90. The van der Waals surface area contributed by atoms with Crippen LogP contribution in [0, 0.1) is 5.41 Å². The van der Waals surface area contributed by atoms with E-state index in [-0.39, 0.29) is 18.4 Å². The van der Waals surface area contributed by atoms with Gasteiger partial charge in [-0.2, -0.15) is 0 Å². The van der Waals surface area contributed by atoms with Gasteiger partial charge in [0.15, 0.2) is 0 Å². The quantitative estimate of drug-likeness (QED) is 0.768. The summed E-state index contributed by atoms with van der Waals surface area (Å²) < 4.78 is 7.09. The molecule has 0 amide bonds. The Morgan fingerprint density at radius 1 is 1.26 bits per heavy atom. The summed E-state index contributed by atoms with van der Waals surface area (Å²) in [6, 6.07) is 9.81. The maximum absolute atomic E-state index is 12.3. The van der Waals surface area contributed by atoms with Gasteiger partial charge in [0.25, 0.3) is 0 Å². The van der Waals surface area contributed by atoms with Gasteiger partial charge < -0.3 is 9.30 Å². The molecule has 0 radical (unpaired) electrons. The number of carbonyl (C=O) groups excluding carboxylic acids is 2. The van der Waals surface area contributed by atoms with Crippen LogP contribution in [-0.4, -0.2) is 27.9 Å². The third-order valence-electron chi connectivity index (χ3n) is 4.09. The molecule has 1 unspecified atom stereocenters. The summed E-state index contributed by atoms with van der Waals surface area (Å²) >= 11 is 0. The Balaban J connectivity index is 2.15. The van der Waals surface area contributed by atoms with Crippen LogP contribution in [0.4, 0.5) is 0 Å². The molecule has 2 rings (SSSR count). The summed E-state index contributed by atoms with van der Waals surface area (Å²) in [5, 5.41) is 0. The SMILES string of the molecule is CC(=O)C(C)(C)COC(=O)c1cncn1C(C)c1ccccc1. The monoisotopic (exact) mass is 314 g/mol. The molecule has 5 nitrogen and oxygen atoms in total. The standard InChI is InChI=1S/C18H22N2O3/c1-13(15-8-6-5-7-9-15)20-12-19-10-16(20)17(22)23-11-18(3,4)14(2)21/h5-10,12-13H,11H2,1-4H3. The fraction of sp³-hybridized carbons (Fsp3) is 0.389. The van der Waals surface area contributed by atoms with Crippen molar-refractivity contribution in [2.45, 2.75) is 33.7 Å². The molecule has 0 aliphatic rings. The van der Waals surface area contributed by atoms with Crippen molar-refractivity contribution in [2.24, 2.45) is 5.41 Å².